The van der Waals surface area contributed by atoms with Crippen molar-refractivity contribution >= 4 is 35.1 Å². The molecule has 0 aliphatic heterocycles. The molecule has 8 nitrogen and oxygen atoms in total. The molecule has 2 rings (SSSR count). The summed E-state index contributed by atoms with van der Waals surface area (Å²) in [6, 6.07) is 8.47. The Morgan fingerprint density at radius 2 is 1.65 bits per heavy atom. The standard InChI is InChI=1S/C17H12ClN3O5/c1-25-16(23)10-5-11(17(24)26-2)7-12(6-10)20-15(22)13-4-3-9(8-19)14(18)21-13/h3-7H,1-2H3,(H,20,22). The lowest BCUT2D eigenvalue weighted by atomic mass is 10.1. The smallest absolute Gasteiger partial charge is 0.337 e. The third kappa shape index (κ3) is 4.15. The summed E-state index contributed by atoms with van der Waals surface area (Å²) in [6.07, 6.45) is 0. The van der Waals surface area contributed by atoms with Gasteiger partial charge in [-0.1, -0.05) is 11.6 Å². The SMILES string of the molecule is COC(=O)c1cc(NC(=O)c2ccc(C#N)c(Cl)n2)cc(C(=O)OC)c1. The second-order valence-electron chi connectivity index (χ2n) is 4.88. The minimum absolute atomic E-state index is 0.0444. The summed E-state index contributed by atoms with van der Waals surface area (Å²) in [7, 11) is 2.38. The molecule has 1 aromatic heterocycles. The van der Waals surface area contributed by atoms with Crippen LogP contribution in [-0.2, 0) is 9.47 Å². The van der Waals surface area contributed by atoms with Crippen LogP contribution in [0.5, 0.6) is 0 Å². The van der Waals surface area contributed by atoms with Crippen LogP contribution in [0.4, 0.5) is 5.69 Å². The molecular weight excluding hydrogens is 362 g/mol. The zero-order chi connectivity index (χ0) is 19.3. The van der Waals surface area contributed by atoms with Crippen LogP contribution >= 0.6 is 11.6 Å². The Labute approximate surface area is 153 Å². The Morgan fingerprint density at radius 1 is 1.08 bits per heavy atom. The number of halogens is 1. The highest BCUT2D eigenvalue weighted by molar-refractivity contribution is 6.30. The number of anilines is 1. The first-order valence-electron chi connectivity index (χ1n) is 7.09. The molecular formula is C17H12ClN3O5. The molecule has 1 heterocycles. The van der Waals surface area contributed by atoms with Gasteiger partial charge in [-0.3, -0.25) is 4.79 Å². The molecule has 9 heteroatoms. The van der Waals surface area contributed by atoms with Gasteiger partial charge in [0.05, 0.1) is 30.9 Å². The van der Waals surface area contributed by atoms with Crippen molar-refractivity contribution in [1.29, 1.82) is 5.26 Å². The summed E-state index contributed by atoms with van der Waals surface area (Å²) >= 11 is 5.81. The van der Waals surface area contributed by atoms with E-state index >= 15 is 0 Å². The van der Waals surface area contributed by atoms with Crippen LogP contribution in [0.15, 0.2) is 30.3 Å². The molecule has 0 aliphatic carbocycles. The molecule has 0 spiro atoms. The average Bonchev–Trinajstić information content (AvgIpc) is 2.66. The number of carbonyl (C=O) groups is 3. The van der Waals surface area contributed by atoms with Crippen LogP contribution < -0.4 is 5.32 Å². The van der Waals surface area contributed by atoms with Gasteiger partial charge in [0.25, 0.3) is 5.91 Å². The summed E-state index contributed by atoms with van der Waals surface area (Å²) in [5.41, 5.74) is 0.342. The molecule has 1 N–H and O–H groups in total. The number of pyridine rings is 1. The number of esters is 2. The van der Waals surface area contributed by atoms with E-state index in [0.717, 1.165) is 0 Å². The highest BCUT2D eigenvalue weighted by Crippen LogP contribution is 2.19. The van der Waals surface area contributed by atoms with Gasteiger partial charge < -0.3 is 14.8 Å². The fraction of sp³-hybridized carbons (Fsp3) is 0.118. The maximum absolute atomic E-state index is 12.3. The van der Waals surface area contributed by atoms with Crippen molar-refractivity contribution in [3.8, 4) is 6.07 Å². The fourth-order valence-electron chi connectivity index (χ4n) is 2.01. The van der Waals surface area contributed by atoms with Crippen molar-refractivity contribution < 1.29 is 23.9 Å². The van der Waals surface area contributed by atoms with Crippen LogP contribution in [0.3, 0.4) is 0 Å². The number of rotatable bonds is 4. The van der Waals surface area contributed by atoms with E-state index in [1.54, 1.807) is 0 Å². The lowest BCUT2D eigenvalue weighted by molar-refractivity contribution is 0.0599. The zero-order valence-corrected chi connectivity index (χ0v) is 14.5. The zero-order valence-electron chi connectivity index (χ0n) is 13.7. The number of hydrogen-bond donors (Lipinski definition) is 1. The normalized spacial score (nSPS) is 9.77. The summed E-state index contributed by atoms with van der Waals surface area (Å²) < 4.78 is 9.25. The number of hydrogen-bond acceptors (Lipinski definition) is 7. The Kier molecular flexibility index (Phi) is 5.88. The Balaban J connectivity index is 2.37. The maximum Gasteiger partial charge on any atom is 0.337 e. The first-order valence-corrected chi connectivity index (χ1v) is 7.47. The van der Waals surface area contributed by atoms with Gasteiger partial charge in [-0.05, 0) is 30.3 Å². The first-order chi connectivity index (χ1) is 12.4. The summed E-state index contributed by atoms with van der Waals surface area (Å²) in [6.45, 7) is 0. The molecule has 2 aromatic rings. The molecule has 0 fully saturated rings. The lowest BCUT2D eigenvalue weighted by Gasteiger charge is -2.09. The predicted octanol–water partition coefficient (Wildman–Crippen LogP) is 2.43. The number of benzene rings is 1. The topological polar surface area (TPSA) is 118 Å². The molecule has 1 amide bonds. The molecule has 0 aliphatic rings. The molecule has 26 heavy (non-hydrogen) atoms. The van der Waals surface area contributed by atoms with Crippen LogP contribution in [0, 0.1) is 11.3 Å². The number of nitrogens with zero attached hydrogens (tertiary/aromatic N) is 2. The number of nitrogens with one attached hydrogen (secondary N) is 1. The molecule has 0 unspecified atom stereocenters. The summed E-state index contributed by atoms with van der Waals surface area (Å²) in [4.78, 5) is 39.7. The van der Waals surface area contributed by atoms with Crippen LogP contribution in [0.2, 0.25) is 5.15 Å². The van der Waals surface area contributed by atoms with Gasteiger partial charge in [0, 0.05) is 5.69 Å². The second-order valence-corrected chi connectivity index (χ2v) is 5.24. The molecule has 132 valence electrons. The van der Waals surface area contributed by atoms with Crippen molar-refractivity contribution in [2.45, 2.75) is 0 Å². The van der Waals surface area contributed by atoms with Crippen LogP contribution in [0.25, 0.3) is 0 Å². The summed E-state index contributed by atoms with van der Waals surface area (Å²) in [5.74, 6) is -2.02. The monoisotopic (exact) mass is 373 g/mol. The lowest BCUT2D eigenvalue weighted by Crippen LogP contribution is -2.15. The fourth-order valence-corrected chi connectivity index (χ4v) is 2.21. The van der Waals surface area contributed by atoms with E-state index in [2.05, 4.69) is 19.8 Å². The van der Waals surface area contributed by atoms with Crippen molar-refractivity contribution in [3.05, 3.63) is 57.9 Å². The molecule has 0 radical (unpaired) electrons. The molecule has 0 saturated carbocycles. The minimum atomic E-state index is -0.689. The number of nitriles is 1. The number of methoxy groups -OCH3 is 2. The quantitative estimate of drug-likeness (QED) is 0.645. The van der Waals surface area contributed by atoms with Crippen LogP contribution in [0.1, 0.15) is 36.8 Å². The number of ether oxygens (including phenoxy) is 2. The Morgan fingerprint density at radius 3 is 2.12 bits per heavy atom. The highest BCUT2D eigenvalue weighted by atomic mass is 35.5. The number of carbonyl (C=O) groups excluding carboxylic acids is 3. The maximum atomic E-state index is 12.3. The Hall–Kier alpha value is -3.44. The van der Waals surface area contributed by atoms with Gasteiger partial charge >= 0.3 is 11.9 Å². The third-order valence-corrected chi connectivity index (χ3v) is 3.52. The number of amides is 1. The van der Waals surface area contributed by atoms with Gasteiger partial charge in [0.2, 0.25) is 0 Å². The summed E-state index contributed by atoms with van der Waals surface area (Å²) in [5, 5.41) is 11.2. The third-order valence-electron chi connectivity index (χ3n) is 3.23. The van der Waals surface area contributed by atoms with Gasteiger partial charge in [0.15, 0.2) is 0 Å². The van der Waals surface area contributed by atoms with E-state index < -0.39 is 17.8 Å². The van der Waals surface area contributed by atoms with Crippen molar-refractivity contribution in [2.24, 2.45) is 0 Å². The minimum Gasteiger partial charge on any atom is -0.465 e. The van der Waals surface area contributed by atoms with Gasteiger partial charge in [-0.15, -0.1) is 0 Å². The van der Waals surface area contributed by atoms with E-state index in [9.17, 15) is 14.4 Å². The van der Waals surface area contributed by atoms with E-state index in [1.807, 2.05) is 6.07 Å². The second kappa shape index (κ2) is 8.09. The first kappa shape index (κ1) is 18.9. The van der Waals surface area contributed by atoms with Gasteiger partial charge in [0.1, 0.15) is 16.9 Å². The van der Waals surface area contributed by atoms with Crippen molar-refractivity contribution in [2.75, 3.05) is 19.5 Å². The molecule has 1 aromatic carbocycles. The molecule has 0 atom stereocenters. The van der Waals surface area contributed by atoms with Gasteiger partial charge in [-0.2, -0.15) is 5.26 Å². The van der Waals surface area contributed by atoms with E-state index in [0.29, 0.717) is 0 Å². The molecule has 0 bridgehead atoms. The molecule has 0 saturated heterocycles. The van der Waals surface area contributed by atoms with E-state index in [-0.39, 0.29) is 33.2 Å². The predicted molar refractivity (Wildman–Crippen MR) is 91.0 cm³/mol. The highest BCUT2D eigenvalue weighted by Gasteiger charge is 2.16. The Bertz CT molecular complexity index is 902. The van der Waals surface area contributed by atoms with E-state index in [1.165, 1.54) is 44.6 Å². The largest absolute Gasteiger partial charge is 0.465 e. The van der Waals surface area contributed by atoms with Crippen molar-refractivity contribution in [1.82, 2.24) is 4.98 Å². The number of aromatic nitrogens is 1. The average molecular weight is 374 g/mol. The van der Waals surface area contributed by atoms with Crippen molar-refractivity contribution in [3.63, 3.8) is 0 Å². The van der Waals surface area contributed by atoms with E-state index in [4.69, 9.17) is 16.9 Å². The van der Waals surface area contributed by atoms with Crippen LogP contribution in [-0.4, -0.2) is 37.0 Å². The van der Waals surface area contributed by atoms with Gasteiger partial charge in [-0.25, -0.2) is 14.6 Å².